The number of benzene rings is 4. The summed E-state index contributed by atoms with van der Waals surface area (Å²) in [5.41, 5.74) is 8.91. The molecule has 0 radical (unpaired) electrons. The fourth-order valence-corrected chi connectivity index (χ4v) is 4.80. The number of hydrogen-bond donors (Lipinski definition) is 3. The lowest BCUT2D eigenvalue weighted by Gasteiger charge is -2.23. The minimum atomic E-state index is -0.882. The van der Waals surface area contributed by atoms with Gasteiger partial charge in [0, 0.05) is 13.0 Å². The lowest BCUT2D eigenvalue weighted by atomic mass is 10.0. The average molecular weight is 640 g/mol. The number of carbonyl (C=O) groups excluding carboxylic acids is 2. The molecule has 4 rings (SSSR count). The van der Waals surface area contributed by atoms with Crippen molar-refractivity contribution in [3.05, 3.63) is 119 Å². The summed E-state index contributed by atoms with van der Waals surface area (Å²) in [7, 11) is 1.58. The number of rotatable bonds is 15. The second kappa shape index (κ2) is 17.1. The Morgan fingerprint density at radius 2 is 1.38 bits per heavy atom. The van der Waals surface area contributed by atoms with Crippen LogP contribution in [0, 0.1) is 0 Å². The minimum absolute atomic E-state index is 0.218. The highest BCUT2D eigenvalue weighted by atomic mass is 16.6. The van der Waals surface area contributed by atoms with Crippen LogP contribution in [0.25, 0.3) is 0 Å². The summed E-state index contributed by atoms with van der Waals surface area (Å²) >= 11 is 0. The van der Waals surface area contributed by atoms with Crippen molar-refractivity contribution in [2.75, 3.05) is 20.2 Å². The number of carbonyl (C=O) groups is 2. The zero-order valence-electron chi connectivity index (χ0n) is 27.6. The van der Waals surface area contributed by atoms with Gasteiger partial charge in [0.05, 0.1) is 7.11 Å². The molecule has 0 aromatic heterocycles. The summed E-state index contributed by atoms with van der Waals surface area (Å²) in [5.74, 6) is 2.26. The molecule has 47 heavy (non-hydrogen) atoms. The van der Waals surface area contributed by atoms with Crippen LogP contribution in [-0.4, -0.2) is 43.8 Å². The van der Waals surface area contributed by atoms with Gasteiger partial charge in [0.2, 0.25) is 5.91 Å². The van der Waals surface area contributed by atoms with E-state index in [-0.39, 0.29) is 12.3 Å². The maximum Gasteiger partial charge on any atom is 0.408 e. The zero-order chi connectivity index (χ0) is 33.6. The first-order chi connectivity index (χ1) is 22.6. The largest absolute Gasteiger partial charge is 0.493 e. The predicted octanol–water partition coefficient (Wildman–Crippen LogP) is 6.36. The van der Waals surface area contributed by atoms with Gasteiger partial charge in [-0.05, 0) is 98.8 Å². The highest BCUT2D eigenvalue weighted by Crippen LogP contribution is 2.29. The highest BCUT2D eigenvalue weighted by Gasteiger charge is 2.25. The Morgan fingerprint density at radius 1 is 0.766 bits per heavy atom. The Morgan fingerprint density at radius 3 is 1.98 bits per heavy atom. The van der Waals surface area contributed by atoms with E-state index >= 15 is 0 Å². The summed E-state index contributed by atoms with van der Waals surface area (Å²) < 4.78 is 23.0. The van der Waals surface area contributed by atoms with Gasteiger partial charge in [-0.3, -0.25) is 4.79 Å². The Hall–Kier alpha value is -5.02. The SMILES string of the molecule is COc1ccc(CC(NC(=O)OC(C)(C)C)C(=O)NCCc2ccc(Oc3ccc(CCN)cc3)cc2)cc1OCc1ccccc1. The van der Waals surface area contributed by atoms with Crippen molar-refractivity contribution >= 4 is 12.0 Å². The van der Waals surface area contributed by atoms with E-state index in [1.54, 1.807) is 33.9 Å². The molecule has 0 heterocycles. The Balaban J connectivity index is 1.37. The number of alkyl carbamates (subject to hydrolysis) is 1. The van der Waals surface area contributed by atoms with Crippen molar-refractivity contribution < 1.29 is 28.5 Å². The van der Waals surface area contributed by atoms with Crippen molar-refractivity contribution in [1.29, 1.82) is 0 Å². The molecule has 0 aliphatic heterocycles. The third-order valence-corrected chi connectivity index (χ3v) is 7.14. The molecule has 0 aliphatic rings. The summed E-state index contributed by atoms with van der Waals surface area (Å²) in [6.45, 7) is 6.67. The van der Waals surface area contributed by atoms with E-state index in [2.05, 4.69) is 10.6 Å². The van der Waals surface area contributed by atoms with E-state index < -0.39 is 17.7 Å². The fraction of sp³-hybridized carbons (Fsp3) is 0.316. The summed E-state index contributed by atoms with van der Waals surface area (Å²) in [6, 6.07) is 30.0. The van der Waals surface area contributed by atoms with E-state index in [9.17, 15) is 9.59 Å². The molecular weight excluding hydrogens is 594 g/mol. The Bertz CT molecular complexity index is 1570. The van der Waals surface area contributed by atoms with Crippen LogP contribution < -0.4 is 30.6 Å². The summed E-state index contributed by atoms with van der Waals surface area (Å²) in [4.78, 5) is 26.1. The monoisotopic (exact) mass is 639 g/mol. The van der Waals surface area contributed by atoms with Crippen molar-refractivity contribution in [3.8, 4) is 23.0 Å². The second-order valence-corrected chi connectivity index (χ2v) is 12.1. The molecule has 248 valence electrons. The number of nitrogens with one attached hydrogen (secondary N) is 2. The zero-order valence-corrected chi connectivity index (χ0v) is 27.6. The van der Waals surface area contributed by atoms with Crippen LogP contribution in [0.4, 0.5) is 4.79 Å². The Labute approximate surface area is 277 Å². The fourth-order valence-electron chi connectivity index (χ4n) is 4.80. The van der Waals surface area contributed by atoms with Gasteiger partial charge in [-0.15, -0.1) is 0 Å². The van der Waals surface area contributed by atoms with E-state index in [1.807, 2.05) is 91.0 Å². The van der Waals surface area contributed by atoms with E-state index in [0.717, 1.165) is 34.6 Å². The van der Waals surface area contributed by atoms with Crippen molar-refractivity contribution in [3.63, 3.8) is 0 Å². The van der Waals surface area contributed by atoms with Gasteiger partial charge in [0.25, 0.3) is 0 Å². The van der Waals surface area contributed by atoms with Crippen molar-refractivity contribution in [2.24, 2.45) is 5.73 Å². The number of methoxy groups -OCH3 is 1. The smallest absolute Gasteiger partial charge is 0.408 e. The molecule has 0 aliphatic carbocycles. The molecule has 1 atom stereocenters. The maximum absolute atomic E-state index is 13.4. The first-order valence-corrected chi connectivity index (χ1v) is 15.8. The van der Waals surface area contributed by atoms with Crippen molar-refractivity contribution in [2.45, 2.75) is 58.3 Å². The summed E-state index contributed by atoms with van der Waals surface area (Å²) in [5, 5.41) is 5.72. The first-order valence-electron chi connectivity index (χ1n) is 15.8. The highest BCUT2D eigenvalue weighted by molar-refractivity contribution is 5.86. The molecule has 0 saturated heterocycles. The van der Waals surface area contributed by atoms with Gasteiger partial charge in [-0.1, -0.05) is 60.7 Å². The molecule has 4 aromatic rings. The van der Waals surface area contributed by atoms with Crippen LogP contribution >= 0.6 is 0 Å². The van der Waals surface area contributed by atoms with Gasteiger partial charge < -0.3 is 35.3 Å². The number of ether oxygens (including phenoxy) is 4. The molecule has 2 amide bonds. The van der Waals surface area contributed by atoms with Crippen LogP contribution in [0.2, 0.25) is 0 Å². The van der Waals surface area contributed by atoms with Crippen LogP contribution in [-0.2, 0) is 35.4 Å². The topological polar surface area (TPSA) is 121 Å². The molecule has 0 bridgehead atoms. The lowest BCUT2D eigenvalue weighted by molar-refractivity contribution is -0.123. The van der Waals surface area contributed by atoms with Gasteiger partial charge in [-0.2, -0.15) is 0 Å². The molecule has 9 nitrogen and oxygen atoms in total. The lowest BCUT2D eigenvalue weighted by Crippen LogP contribution is -2.49. The number of nitrogens with two attached hydrogens (primary N) is 1. The first kappa shape index (κ1) is 34.8. The van der Waals surface area contributed by atoms with Gasteiger partial charge >= 0.3 is 6.09 Å². The standard InChI is InChI=1S/C38H45N3O6/c1-38(2,3)47-37(43)41-33(24-30-14-19-34(44-4)35(25-30)45-26-29-8-6-5-7-9-29)36(42)40-23-21-28-12-17-32(18-13-28)46-31-15-10-27(11-16-31)20-22-39/h5-19,25,33H,20-24,26,39H2,1-4H3,(H,40,42)(H,41,43). The number of amides is 2. The molecule has 0 spiro atoms. The van der Waals surface area contributed by atoms with E-state index in [0.29, 0.717) is 37.6 Å². The van der Waals surface area contributed by atoms with Gasteiger partial charge in [0.1, 0.15) is 29.7 Å². The van der Waals surface area contributed by atoms with Crippen LogP contribution in [0.1, 0.15) is 43.0 Å². The van der Waals surface area contributed by atoms with Gasteiger partial charge in [-0.25, -0.2) is 4.79 Å². The van der Waals surface area contributed by atoms with Gasteiger partial charge in [0.15, 0.2) is 11.5 Å². The molecule has 9 heteroatoms. The number of hydrogen-bond acceptors (Lipinski definition) is 7. The van der Waals surface area contributed by atoms with Crippen LogP contribution in [0.5, 0.6) is 23.0 Å². The predicted molar refractivity (Wildman–Crippen MR) is 183 cm³/mol. The van der Waals surface area contributed by atoms with Crippen LogP contribution in [0.3, 0.4) is 0 Å². The maximum atomic E-state index is 13.4. The molecule has 4 N–H and O–H groups in total. The normalized spacial score (nSPS) is 11.7. The quantitative estimate of drug-likeness (QED) is 0.138. The van der Waals surface area contributed by atoms with Crippen molar-refractivity contribution in [1.82, 2.24) is 10.6 Å². The molecule has 0 fully saturated rings. The molecule has 1 unspecified atom stereocenters. The molecule has 0 saturated carbocycles. The second-order valence-electron chi connectivity index (χ2n) is 12.1. The third-order valence-electron chi connectivity index (χ3n) is 7.14. The third kappa shape index (κ3) is 11.7. The Kier molecular flexibility index (Phi) is 12.6. The van der Waals surface area contributed by atoms with E-state index in [4.69, 9.17) is 24.7 Å². The molecular formula is C38H45N3O6. The summed E-state index contributed by atoms with van der Waals surface area (Å²) in [6.07, 6.45) is 0.974. The molecule has 4 aromatic carbocycles. The average Bonchev–Trinajstić information content (AvgIpc) is 3.05. The minimum Gasteiger partial charge on any atom is -0.493 e. The van der Waals surface area contributed by atoms with Crippen LogP contribution in [0.15, 0.2) is 97.1 Å². The van der Waals surface area contributed by atoms with E-state index in [1.165, 1.54) is 5.56 Å².